The molecule has 0 heterocycles. The van der Waals surface area contributed by atoms with Crippen molar-refractivity contribution < 1.29 is 26.3 Å². The Kier molecular flexibility index (Phi) is 6.33. The Balaban J connectivity index is 1.98. The second-order valence-corrected chi connectivity index (χ2v) is 7.67. The zero-order chi connectivity index (χ0) is 24.3. The molecule has 0 atom stereocenters. The molecule has 0 saturated carbocycles. The van der Waals surface area contributed by atoms with Gasteiger partial charge in [-0.2, -0.15) is 26.3 Å². The van der Waals surface area contributed by atoms with Crippen molar-refractivity contribution in [3.8, 4) is 22.3 Å². The molecule has 0 amide bonds. The maximum atomic E-state index is 13.5. The Morgan fingerprint density at radius 2 is 0.971 bits per heavy atom. The fourth-order valence-corrected chi connectivity index (χ4v) is 3.72. The lowest BCUT2D eigenvalue weighted by molar-refractivity contribution is -0.143. The van der Waals surface area contributed by atoms with Gasteiger partial charge < -0.3 is 0 Å². The molecule has 0 fully saturated rings. The van der Waals surface area contributed by atoms with Crippen molar-refractivity contribution in [2.45, 2.75) is 12.4 Å². The minimum absolute atomic E-state index is 0.143. The van der Waals surface area contributed by atoms with Crippen molar-refractivity contribution >= 4 is 12.2 Å². The first-order valence-electron chi connectivity index (χ1n) is 10.3. The predicted molar refractivity (Wildman–Crippen MR) is 123 cm³/mol. The molecule has 0 nitrogen and oxygen atoms in total. The summed E-state index contributed by atoms with van der Waals surface area (Å²) in [6.45, 7) is 0. The average molecular weight is 468 g/mol. The summed E-state index contributed by atoms with van der Waals surface area (Å²) >= 11 is 0. The minimum Gasteiger partial charge on any atom is -0.166 e. The zero-order valence-electron chi connectivity index (χ0n) is 17.7. The van der Waals surface area contributed by atoms with Crippen molar-refractivity contribution in [2.24, 2.45) is 0 Å². The van der Waals surface area contributed by atoms with E-state index < -0.39 is 23.5 Å². The van der Waals surface area contributed by atoms with Gasteiger partial charge in [-0.05, 0) is 51.6 Å². The van der Waals surface area contributed by atoms with Crippen LogP contribution < -0.4 is 0 Å². The van der Waals surface area contributed by atoms with Crippen LogP contribution in [0.1, 0.15) is 22.3 Å². The predicted octanol–water partition coefficient (Wildman–Crippen LogP) is 9.23. The van der Waals surface area contributed by atoms with Gasteiger partial charge in [-0.1, -0.05) is 91.0 Å². The molecule has 4 aromatic rings. The van der Waals surface area contributed by atoms with E-state index in [1.165, 1.54) is 6.07 Å². The highest BCUT2D eigenvalue weighted by Gasteiger charge is 2.37. The molecule has 172 valence electrons. The van der Waals surface area contributed by atoms with Crippen LogP contribution in [0.3, 0.4) is 0 Å². The summed E-state index contributed by atoms with van der Waals surface area (Å²) in [5.74, 6) is 0. The second kappa shape index (κ2) is 9.21. The summed E-state index contributed by atoms with van der Waals surface area (Å²) < 4.78 is 80.9. The first-order valence-corrected chi connectivity index (χ1v) is 10.3. The summed E-state index contributed by atoms with van der Waals surface area (Å²) in [6.07, 6.45) is -6.34. The highest BCUT2D eigenvalue weighted by Crippen LogP contribution is 2.41. The number of alkyl halides is 6. The van der Waals surface area contributed by atoms with Gasteiger partial charge in [0.25, 0.3) is 0 Å². The van der Waals surface area contributed by atoms with Crippen molar-refractivity contribution in [3.05, 3.63) is 119 Å². The van der Waals surface area contributed by atoms with Crippen LogP contribution in [0.15, 0.2) is 97.1 Å². The van der Waals surface area contributed by atoms with E-state index in [0.717, 1.165) is 23.3 Å². The first kappa shape index (κ1) is 23.4. The van der Waals surface area contributed by atoms with Gasteiger partial charge in [-0.15, -0.1) is 0 Å². The Hall–Kier alpha value is -3.80. The SMILES string of the molecule is FC(F)(F)c1cc(-c2cccc(-c3ccccc3)c2/C=C/c2ccccc2)cc(C(F)(F)F)c1. The first-order chi connectivity index (χ1) is 16.1. The number of hydrogen-bond donors (Lipinski definition) is 0. The van der Waals surface area contributed by atoms with E-state index >= 15 is 0 Å². The smallest absolute Gasteiger partial charge is 0.166 e. The molecule has 0 spiro atoms. The molecule has 4 rings (SSSR count). The van der Waals surface area contributed by atoms with Crippen molar-refractivity contribution in [3.63, 3.8) is 0 Å². The molecule has 0 saturated heterocycles. The van der Waals surface area contributed by atoms with Crippen LogP contribution in [0.25, 0.3) is 34.4 Å². The van der Waals surface area contributed by atoms with Gasteiger partial charge in [0, 0.05) is 0 Å². The third kappa shape index (κ3) is 5.22. The van der Waals surface area contributed by atoms with Crippen LogP contribution in [-0.2, 0) is 12.4 Å². The minimum atomic E-state index is -4.92. The maximum absolute atomic E-state index is 13.5. The molecule has 4 aromatic carbocycles. The second-order valence-electron chi connectivity index (χ2n) is 7.67. The van der Waals surface area contributed by atoms with Crippen LogP contribution in [0.2, 0.25) is 0 Å². The van der Waals surface area contributed by atoms with E-state index in [2.05, 4.69) is 0 Å². The molecular formula is C28H18F6. The Bertz CT molecular complexity index is 1270. The number of hydrogen-bond acceptors (Lipinski definition) is 0. The quantitative estimate of drug-likeness (QED) is 0.207. The molecule has 0 N–H and O–H groups in total. The molecule has 0 bridgehead atoms. The van der Waals surface area contributed by atoms with Gasteiger partial charge in [-0.3, -0.25) is 0 Å². The zero-order valence-corrected chi connectivity index (χ0v) is 17.7. The van der Waals surface area contributed by atoms with Crippen LogP contribution in [-0.4, -0.2) is 0 Å². The summed E-state index contributed by atoms with van der Waals surface area (Å²) in [5, 5.41) is 0. The van der Waals surface area contributed by atoms with Crippen molar-refractivity contribution in [1.82, 2.24) is 0 Å². The maximum Gasteiger partial charge on any atom is 0.416 e. The van der Waals surface area contributed by atoms with Crippen LogP contribution in [0, 0.1) is 0 Å². The fourth-order valence-electron chi connectivity index (χ4n) is 3.72. The fraction of sp³-hybridized carbons (Fsp3) is 0.0714. The molecular weight excluding hydrogens is 450 g/mol. The largest absolute Gasteiger partial charge is 0.416 e. The van der Waals surface area contributed by atoms with E-state index in [4.69, 9.17) is 0 Å². The van der Waals surface area contributed by atoms with Crippen LogP contribution in [0.4, 0.5) is 26.3 Å². The topological polar surface area (TPSA) is 0 Å². The molecule has 0 aliphatic heterocycles. The average Bonchev–Trinajstić information content (AvgIpc) is 2.82. The Morgan fingerprint density at radius 3 is 1.50 bits per heavy atom. The van der Waals surface area contributed by atoms with Gasteiger partial charge in [0.2, 0.25) is 0 Å². The highest BCUT2D eigenvalue weighted by molar-refractivity contribution is 5.90. The van der Waals surface area contributed by atoms with E-state index in [9.17, 15) is 26.3 Å². The molecule has 0 aliphatic rings. The highest BCUT2D eigenvalue weighted by atomic mass is 19.4. The third-order valence-electron chi connectivity index (χ3n) is 5.33. The number of rotatable bonds is 4. The van der Waals surface area contributed by atoms with E-state index in [1.54, 1.807) is 24.3 Å². The lowest BCUT2D eigenvalue weighted by Crippen LogP contribution is -2.11. The molecule has 0 aromatic heterocycles. The molecule has 0 radical (unpaired) electrons. The number of benzene rings is 4. The van der Waals surface area contributed by atoms with E-state index in [0.29, 0.717) is 11.1 Å². The van der Waals surface area contributed by atoms with E-state index in [1.807, 2.05) is 60.7 Å². The standard InChI is InChI=1S/C28H18F6/c29-27(30,31)22-16-21(17-23(18-22)28(32,33)34)25-13-7-12-24(20-10-5-2-6-11-20)26(25)15-14-19-8-3-1-4-9-19/h1-18H/b15-14+. The van der Waals surface area contributed by atoms with Gasteiger partial charge in [0.1, 0.15) is 0 Å². The lowest BCUT2D eigenvalue weighted by atomic mass is 9.89. The van der Waals surface area contributed by atoms with Crippen LogP contribution in [0.5, 0.6) is 0 Å². The van der Waals surface area contributed by atoms with Gasteiger partial charge in [-0.25, -0.2) is 0 Å². The summed E-state index contributed by atoms with van der Waals surface area (Å²) in [4.78, 5) is 0. The molecule has 6 heteroatoms. The van der Waals surface area contributed by atoms with Crippen molar-refractivity contribution in [2.75, 3.05) is 0 Å². The number of halogens is 6. The summed E-state index contributed by atoms with van der Waals surface area (Å²) in [6, 6.07) is 25.0. The Labute approximate surface area is 192 Å². The molecule has 34 heavy (non-hydrogen) atoms. The van der Waals surface area contributed by atoms with Crippen LogP contribution >= 0.6 is 0 Å². The normalized spacial score (nSPS) is 12.3. The molecule has 0 aliphatic carbocycles. The van der Waals surface area contributed by atoms with Gasteiger partial charge >= 0.3 is 12.4 Å². The van der Waals surface area contributed by atoms with Crippen molar-refractivity contribution in [1.29, 1.82) is 0 Å². The van der Waals surface area contributed by atoms with Gasteiger partial charge in [0.15, 0.2) is 0 Å². The monoisotopic (exact) mass is 468 g/mol. The lowest BCUT2D eigenvalue weighted by Gasteiger charge is -2.17. The molecule has 0 unspecified atom stereocenters. The van der Waals surface area contributed by atoms with Gasteiger partial charge in [0.05, 0.1) is 11.1 Å². The summed E-state index contributed by atoms with van der Waals surface area (Å²) in [7, 11) is 0. The van der Waals surface area contributed by atoms with E-state index in [-0.39, 0.29) is 17.2 Å². The summed E-state index contributed by atoms with van der Waals surface area (Å²) in [5.41, 5.74) is 0.260. The third-order valence-corrected chi connectivity index (χ3v) is 5.33. The Morgan fingerprint density at radius 1 is 0.471 bits per heavy atom.